The van der Waals surface area contributed by atoms with Crippen LogP contribution < -0.4 is 10.6 Å². The second-order valence-electron chi connectivity index (χ2n) is 8.42. The van der Waals surface area contributed by atoms with E-state index in [0.717, 1.165) is 11.3 Å². The number of aliphatic imine (C=N–C) groups is 1. The molecule has 0 aromatic heterocycles. The van der Waals surface area contributed by atoms with Crippen molar-refractivity contribution in [3.8, 4) is 0 Å². The van der Waals surface area contributed by atoms with Crippen molar-refractivity contribution >= 4 is 47.4 Å². The van der Waals surface area contributed by atoms with Crippen LogP contribution in [-0.4, -0.2) is 65.8 Å². The maximum absolute atomic E-state index is 12.7. The standard InChI is InChI=1S/C21H31N5O2.HI/c1-14(2)26-18(27)12-25(13-21(26,3)4)20(22-5)23-11-10-16-15-8-6-7-9-17(15)24-19(16)28;/h6-9,14,16H,10-13H2,1-5H3,(H,22,23)(H,24,28);1H. The number of para-hydroxylation sites is 1. The van der Waals surface area contributed by atoms with Gasteiger partial charge in [-0.1, -0.05) is 18.2 Å². The van der Waals surface area contributed by atoms with Gasteiger partial charge in [-0.25, -0.2) is 0 Å². The highest BCUT2D eigenvalue weighted by Crippen LogP contribution is 2.34. The predicted octanol–water partition coefficient (Wildman–Crippen LogP) is 2.64. The van der Waals surface area contributed by atoms with Crippen LogP contribution in [-0.2, 0) is 9.59 Å². The first-order valence-corrected chi connectivity index (χ1v) is 9.92. The lowest BCUT2D eigenvalue weighted by Crippen LogP contribution is -2.66. The number of nitrogens with zero attached hydrogens (tertiary/aromatic N) is 3. The van der Waals surface area contributed by atoms with Gasteiger partial charge in [0, 0.05) is 31.9 Å². The summed E-state index contributed by atoms with van der Waals surface area (Å²) in [5.41, 5.74) is 1.68. The first-order valence-electron chi connectivity index (χ1n) is 9.92. The summed E-state index contributed by atoms with van der Waals surface area (Å²) in [5, 5.41) is 6.28. The van der Waals surface area contributed by atoms with E-state index in [9.17, 15) is 9.59 Å². The van der Waals surface area contributed by atoms with Gasteiger partial charge in [0.15, 0.2) is 5.96 Å². The number of hydrogen-bond acceptors (Lipinski definition) is 3. The average molecular weight is 513 g/mol. The van der Waals surface area contributed by atoms with Crippen molar-refractivity contribution in [1.29, 1.82) is 0 Å². The van der Waals surface area contributed by atoms with E-state index < -0.39 is 0 Å². The molecule has 0 saturated carbocycles. The SMILES string of the molecule is CN=C(NCCC1C(=O)Nc2ccccc21)N1CC(=O)N(C(C)C)C(C)(C)C1.I. The van der Waals surface area contributed by atoms with Crippen LogP contribution in [0.2, 0.25) is 0 Å². The fraction of sp³-hybridized carbons (Fsp3) is 0.571. The molecule has 8 heteroatoms. The average Bonchev–Trinajstić information content (AvgIpc) is 2.92. The lowest BCUT2D eigenvalue weighted by Gasteiger charge is -2.49. The zero-order valence-electron chi connectivity index (χ0n) is 17.9. The Bertz CT molecular complexity index is 793. The molecule has 1 aromatic carbocycles. The van der Waals surface area contributed by atoms with E-state index in [1.54, 1.807) is 7.05 Å². The number of rotatable bonds is 4. The Morgan fingerprint density at radius 2 is 2.00 bits per heavy atom. The maximum Gasteiger partial charge on any atom is 0.242 e. The number of amides is 2. The quantitative estimate of drug-likeness (QED) is 0.369. The van der Waals surface area contributed by atoms with Gasteiger partial charge >= 0.3 is 0 Å². The first-order chi connectivity index (χ1) is 13.2. The summed E-state index contributed by atoms with van der Waals surface area (Å²) in [7, 11) is 1.73. The third-order valence-corrected chi connectivity index (χ3v) is 5.48. The predicted molar refractivity (Wildman–Crippen MR) is 127 cm³/mol. The fourth-order valence-electron chi connectivity index (χ4n) is 4.54. The molecular weight excluding hydrogens is 481 g/mol. The van der Waals surface area contributed by atoms with E-state index in [4.69, 9.17) is 0 Å². The van der Waals surface area contributed by atoms with Crippen LogP contribution in [0.1, 0.15) is 45.6 Å². The zero-order chi connectivity index (χ0) is 20.5. The summed E-state index contributed by atoms with van der Waals surface area (Å²) in [4.78, 5) is 33.3. The number of carbonyl (C=O) groups is 2. The van der Waals surface area contributed by atoms with E-state index >= 15 is 0 Å². The van der Waals surface area contributed by atoms with Gasteiger partial charge in [-0.3, -0.25) is 14.6 Å². The van der Waals surface area contributed by atoms with E-state index in [1.807, 2.05) is 47.9 Å². The number of piperazine rings is 1. The van der Waals surface area contributed by atoms with E-state index in [2.05, 4.69) is 29.5 Å². The van der Waals surface area contributed by atoms with Crippen molar-refractivity contribution < 1.29 is 9.59 Å². The van der Waals surface area contributed by atoms with Crippen molar-refractivity contribution in [2.45, 2.75) is 51.6 Å². The summed E-state index contributed by atoms with van der Waals surface area (Å²) in [6, 6.07) is 7.98. The number of fused-ring (bicyclic) bond motifs is 1. The van der Waals surface area contributed by atoms with Crippen LogP contribution >= 0.6 is 24.0 Å². The maximum atomic E-state index is 12.7. The van der Waals surface area contributed by atoms with Gasteiger partial charge in [-0.2, -0.15) is 0 Å². The second-order valence-corrected chi connectivity index (χ2v) is 8.42. The fourth-order valence-corrected chi connectivity index (χ4v) is 4.54. The van der Waals surface area contributed by atoms with Gasteiger partial charge in [0.1, 0.15) is 0 Å². The lowest BCUT2D eigenvalue weighted by atomic mass is 9.96. The molecule has 1 unspecified atom stereocenters. The van der Waals surface area contributed by atoms with Gasteiger partial charge in [0.25, 0.3) is 0 Å². The molecule has 2 heterocycles. The topological polar surface area (TPSA) is 77.0 Å². The number of nitrogens with one attached hydrogen (secondary N) is 2. The van der Waals surface area contributed by atoms with Gasteiger partial charge in [-0.15, -0.1) is 24.0 Å². The van der Waals surface area contributed by atoms with Gasteiger partial charge in [0.05, 0.1) is 18.0 Å². The van der Waals surface area contributed by atoms with Crippen LogP contribution in [0.5, 0.6) is 0 Å². The lowest BCUT2D eigenvalue weighted by molar-refractivity contribution is -0.145. The normalized spacial score (nSPS) is 21.0. The summed E-state index contributed by atoms with van der Waals surface area (Å²) in [6.07, 6.45) is 0.672. The molecule has 1 aromatic rings. The van der Waals surface area contributed by atoms with Crippen molar-refractivity contribution in [1.82, 2.24) is 15.1 Å². The number of guanidine groups is 1. The summed E-state index contributed by atoms with van der Waals surface area (Å²) < 4.78 is 0. The number of hydrogen-bond donors (Lipinski definition) is 2. The van der Waals surface area contributed by atoms with Crippen LogP contribution in [0.3, 0.4) is 0 Å². The first kappa shape index (κ1) is 23.4. The third kappa shape index (κ3) is 4.84. The molecular formula is C21H32IN5O2. The third-order valence-electron chi connectivity index (χ3n) is 5.48. The minimum Gasteiger partial charge on any atom is -0.356 e. The molecule has 3 rings (SSSR count). The second kappa shape index (κ2) is 9.32. The van der Waals surface area contributed by atoms with E-state index in [-0.39, 0.29) is 53.3 Å². The monoisotopic (exact) mass is 513 g/mol. The van der Waals surface area contributed by atoms with Gasteiger partial charge in [0.2, 0.25) is 11.8 Å². The zero-order valence-corrected chi connectivity index (χ0v) is 20.2. The largest absolute Gasteiger partial charge is 0.356 e. The Labute approximate surface area is 190 Å². The molecule has 0 bridgehead atoms. The molecule has 2 amide bonds. The number of benzene rings is 1. The Balaban J connectivity index is 0.00000300. The molecule has 2 aliphatic heterocycles. The Hall–Kier alpha value is -1.84. The Morgan fingerprint density at radius 3 is 2.62 bits per heavy atom. The van der Waals surface area contributed by atoms with Gasteiger partial charge in [-0.05, 0) is 45.7 Å². The minimum absolute atomic E-state index is 0. The molecule has 1 fully saturated rings. The highest BCUT2D eigenvalue weighted by atomic mass is 127. The summed E-state index contributed by atoms with van der Waals surface area (Å²) >= 11 is 0. The molecule has 29 heavy (non-hydrogen) atoms. The minimum atomic E-state index is -0.272. The molecule has 2 aliphatic rings. The van der Waals surface area contributed by atoms with Crippen molar-refractivity contribution in [2.75, 3.05) is 32.0 Å². The number of carbonyl (C=O) groups excluding carboxylic acids is 2. The molecule has 2 N–H and O–H groups in total. The molecule has 0 aliphatic carbocycles. The smallest absolute Gasteiger partial charge is 0.242 e. The molecule has 1 atom stereocenters. The van der Waals surface area contributed by atoms with Crippen molar-refractivity contribution in [2.24, 2.45) is 4.99 Å². The Morgan fingerprint density at radius 1 is 1.31 bits per heavy atom. The summed E-state index contributed by atoms with van der Waals surface area (Å²) in [5.74, 6) is 0.701. The number of halogens is 1. The van der Waals surface area contributed by atoms with Crippen LogP contribution in [0.25, 0.3) is 0 Å². The van der Waals surface area contributed by atoms with Crippen LogP contribution in [0.4, 0.5) is 5.69 Å². The van der Waals surface area contributed by atoms with Crippen LogP contribution in [0.15, 0.2) is 29.3 Å². The van der Waals surface area contributed by atoms with E-state index in [0.29, 0.717) is 32.0 Å². The van der Waals surface area contributed by atoms with Gasteiger partial charge < -0.3 is 20.4 Å². The van der Waals surface area contributed by atoms with Crippen molar-refractivity contribution in [3.05, 3.63) is 29.8 Å². The molecule has 0 radical (unpaired) electrons. The highest BCUT2D eigenvalue weighted by molar-refractivity contribution is 14.0. The molecule has 7 nitrogen and oxygen atoms in total. The summed E-state index contributed by atoms with van der Waals surface area (Å²) in [6.45, 7) is 9.91. The molecule has 160 valence electrons. The highest BCUT2D eigenvalue weighted by Gasteiger charge is 2.40. The molecule has 1 saturated heterocycles. The van der Waals surface area contributed by atoms with E-state index in [1.165, 1.54) is 0 Å². The Kier molecular flexibility index (Phi) is 7.53. The van der Waals surface area contributed by atoms with Crippen LogP contribution in [0, 0.1) is 0 Å². The number of anilines is 1. The molecule has 0 spiro atoms. The van der Waals surface area contributed by atoms with Crippen molar-refractivity contribution in [3.63, 3.8) is 0 Å².